The topological polar surface area (TPSA) is 51.1 Å². The van der Waals surface area contributed by atoms with Crippen molar-refractivity contribution in [2.45, 2.75) is 25.7 Å². The molecule has 0 bridgehead atoms. The summed E-state index contributed by atoms with van der Waals surface area (Å²) in [7, 11) is 0. The van der Waals surface area contributed by atoms with Crippen LogP contribution in [-0.4, -0.2) is 49.9 Å². The first-order valence-corrected chi connectivity index (χ1v) is 10.7. The molecular formula is C24H26F2N2O3. The molecule has 1 saturated heterocycles. The van der Waals surface area contributed by atoms with E-state index in [-0.39, 0.29) is 18.2 Å². The van der Waals surface area contributed by atoms with Gasteiger partial charge in [-0.15, -0.1) is 0 Å². The summed E-state index contributed by atoms with van der Waals surface area (Å²) in [5.41, 5.74) is 1.50. The first kappa shape index (κ1) is 21.4. The lowest BCUT2D eigenvalue weighted by Crippen LogP contribution is -2.29. The molecule has 2 aliphatic heterocycles. The number of carbonyl (C=O) groups is 1. The van der Waals surface area contributed by atoms with Crippen LogP contribution in [0.25, 0.3) is 0 Å². The van der Waals surface area contributed by atoms with Gasteiger partial charge in [-0.2, -0.15) is 0 Å². The van der Waals surface area contributed by atoms with E-state index in [0.717, 1.165) is 55.3 Å². The van der Waals surface area contributed by atoms with Crippen molar-refractivity contribution in [2.24, 2.45) is 10.9 Å². The summed E-state index contributed by atoms with van der Waals surface area (Å²) < 4.78 is 37.7. The van der Waals surface area contributed by atoms with Crippen LogP contribution in [0, 0.1) is 17.6 Å². The molecule has 2 aromatic carbocycles. The van der Waals surface area contributed by atoms with Crippen LogP contribution in [0.1, 0.15) is 24.0 Å². The number of halogens is 2. The number of nitrogens with zero attached hydrogens (tertiary/aromatic N) is 2. The number of likely N-dealkylation sites (tertiary alicyclic amines) is 1. The average molecular weight is 428 g/mol. The van der Waals surface area contributed by atoms with Crippen LogP contribution in [0.3, 0.4) is 0 Å². The highest BCUT2D eigenvalue weighted by Crippen LogP contribution is 2.31. The summed E-state index contributed by atoms with van der Waals surface area (Å²) in [6, 6.07) is 9.40. The second-order valence-corrected chi connectivity index (χ2v) is 8.05. The molecule has 0 aliphatic carbocycles. The molecule has 1 amide bonds. The number of hydrogen-bond acceptors (Lipinski definition) is 4. The van der Waals surface area contributed by atoms with Gasteiger partial charge in [0.1, 0.15) is 13.2 Å². The number of hydrogen-bond donors (Lipinski definition) is 0. The number of fused-ring (bicyclic) bond motifs is 1. The number of benzene rings is 2. The van der Waals surface area contributed by atoms with Gasteiger partial charge in [0.05, 0.1) is 6.42 Å². The molecular weight excluding hydrogens is 402 g/mol. The van der Waals surface area contributed by atoms with Crippen LogP contribution < -0.4 is 9.47 Å². The minimum atomic E-state index is -0.959. The van der Waals surface area contributed by atoms with Crippen molar-refractivity contribution in [2.75, 3.05) is 32.8 Å². The summed E-state index contributed by atoms with van der Waals surface area (Å²) in [4.78, 5) is 18.8. The Morgan fingerprint density at radius 3 is 2.52 bits per heavy atom. The van der Waals surface area contributed by atoms with Crippen LogP contribution in [0.4, 0.5) is 8.78 Å². The molecule has 1 atom stereocenters. The Morgan fingerprint density at radius 1 is 1.00 bits per heavy atom. The Balaban J connectivity index is 1.43. The Kier molecular flexibility index (Phi) is 6.92. The van der Waals surface area contributed by atoms with Crippen molar-refractivity contribution in [3.63, 3.8) is 0 Å². The van der Waals surface area contributed by atoms with Gasteiger partial charge in [-0.25, -0.2) is 13.8 Å². The van der Waals surface area contributed by atoms with Gasteiger partial charge in [0, 0.05) is 18.7 Å². The van der Waals surface area contributed by atoms with E-state index < -0.39 is 11.6 Å². The standard InChI is InChI=1S/C24H26F2N2O3/c25-20-5-3-18(12-21(20)26)14-24(29)27-15-19(16-28-7-1-2-8-28)11-17-4-6-22-23(13-17)31-10-9-30-22/h3-6,12-13,15,19H,1-2,7-11,14,16H2/b27-15-. The maximum Gasteiger partial charge on any atom is 0.249 e. The third-order valence-corrected chi connectivity index (χ3v) is 5.56. The van der Waals surface area contributed by atoms with Crippen LogP contribution in [0.5, 0.6) is 11.5 Å². The van der Waals surface area contributed by atoms with E-state index in [1.165, 1.54) is 18.9 Å². The summed E-state index contributed by atoms with van der Waals surface area (Å²) in [6.45, 7) is 4.00. The van der Waals surface area contributed by atoms with Crippen molar-refractivity contribution in [1.29, 1.82) is 0 Å². The Bertz CT molecular complexity index is 958. The highest BCUT2D eigenvalue weighted by atomic mass is 19.2. The summed E-state index contributed by atoms with van der Waals surface area (Å²) in [5.74, 6) is -0.713. The summed E-state index contributed by atoms with van der Waals surface area (Å²) >= 11 is 0. The van der Waals surface area contributed by atoms with E-state index in [4.69, 9.17) is 9.47 Å². The fourth-order valence-electron chi connectivity index (χ4n) is 4.04. The molecule has 7 heteroatoms. The number of ether oxygens (including phenoxy) is 2. The molecule has 4 rings (SSSR count). The average Bonchev–Trinajstić information content (AvgIpc) is 3.28. The second-order valence-electron chi connectivity index (χ2n) is 8.05. The molecule has 2 aromatic rings. The van der Waals surface area contributed by atoms with Gasteiger partial charge in [0.2, 0.25) is 5.91 Å². The van der Waals surface area contributed by atoms with Gasteiger partial charge < -0.3 is 14.4 Å². The third kappa shape index (κ3) is 5.88. The lowest BCUT2D eigenvalue weighted by molar-refractivity contribution is -0.117. The first-order valence-electron chi connectivity index (χ1n) is 10.7. The molecule has 2 aliphatic rings. The van der Waals surface area contributed by atoms with E-state index >= 15 is 0 Å². The summed E-state index contributed by atoms with van der Waals surface area (Å²) in [6.07, 6.45) is 4.73. The SMILES string of the molecule is O=C(Cc1ccc(F)c(F)c1)/N=C\C(Cc1ccc2c(c1)OCCO2)CN1CCCC1. The third-order valence-electron chi connectivity index (χ3n) is 5.56. The fourth-order valence-corrected chi connectivity index (χ4v) is 4.04. The van der Waals surface area contributed by atoms with E-state index in [1.807, 2.05) is 18.2 Å². The fraction of sp³-hybridized carbons (Fsp3) is 0.417. The van der Waals surface area contributed by atoms with Gasteiger partial charge >= 0.3 is 0 Å². The quantitative estimate of drug-likeness (QED) is 0.629. The lowest BCUT2D eigenvalue weighted by Gasteiger charge is -2.22. The molecule has 0 saturated carbocycles. The number of carbonyl (C=O) groups excluding carboxylic acids is 1. The molecule has 0 spiro atoms. The lowest BCUT2D eigenvalue weighted by atomic mass is 9.99. The Morgan fingerprint density at radius 2 is 1.74 bits per heavy atom. The molecule has 0 N–H and O–H groups in total. The van der Waals surface area contributed by atoms with Crippen molar-refractivity contribution in [3.05, 3.63) is 59.2 Å². The first-order chi connectivity index (χ1) is 15.1. The zero-order valence-electron chi connectivity index (χ0n) is 17.4. The van der Waals surface area contributed by atoms with Gasteiger partial charge in [0.25, 0.3) is 0 Å². The van der Waals surface area contributed by atoms with Gasteiger partial charge in [-0.05, 0) is 67.7 Å². The smallest absolute Gasteiger partial charge is 0.249 e. The van der Waals surface area contributed by atoms with Gasteiger partial charge in [0.15, 0.2) is 23.1 Å². The number of rotatable bonds is 7. The van der Waals surface area contributed by atoms with E-state index in [9.17, 15) is 13.6 Å². The maximum atomic E-state index is 13.4. The zero-order valence-corrected chi connectivity index (χ0v) is 17.4. The molecule has 1 unspecified atom stereocenters. The van der Waals surface area contributed by atoms with Gasteiger partial charge in [-0.3, -0.25) is 4.79 Å². The van der Waals surface area contributed by atoms with E-state index in [0.29, 0.717) is 18.8 Å². The second kappa shape index (κ2) is 10.0. The van der Waals surface area contributed by atoms with Crippen LogP contribution in [0.2, 0.25) is 0 Å². The van der Waals surface area contributed by atoms with Crippen molar-refractivity contribution in [3.8, 4) is 11.5 Å². The predicted octanol–water partition coefficient (Wildman–Crippen LogP) is 3.83. The van der Waals surface area contributed by atoms with Crippen molar-refractivity contribution in [1.82, 2.24) is 4.90 Å². The summed E-state index contributed by atoms with van der Waals surface area (Å²) in [5, 5.41) is 0. The van der Waals surface area contributed by atoms with Gasteiger partial charge in [-0.1, -0.05) is 12.1 Å². The Labute approximate surface area is 180 Å². The Hall–Kier alpha value is -2.80. The molecule has 31 heavy (non-hydrogen) atoms. The number of amides is 1. The minimum absolute atomic E-state index is 0.0505. The molecule has 0 radical (unpaired) electrons. The zero-order chi connectivity index (χ0) is 21.6. The minimum Gasteiger partial charge on any atom is -0.486 e. The molecule has 5 nitrogen and oxygen atoms in total. The van der Waals surface area contributed by atoms with Crippen LogP contribution in [0.15, 0.2) is 41.4 Å². The monoisotopic (exact) mass is 428 g/mol. The maximum absolute atomic E-state index is 13.4. The molecule has 0 aromatic heterocycles. The highest BCUT2D eigenvalue weighted by Gasteiger charge is 2.19. The van der Waals surface area contributed by atoms with E-state index in [2.05, 4.69) is 9.89 Å². The van der Waals surface area contributed by atoms with E-state index in [1.54, 1.807) is 6.21 Å². The van der Waals surface area contributed by atoms with Crippen LogP contribution >= 0.6 is 0 Å². The molecule has 164 valence electrons. The largest absolute Gasteiger partial charge is 0.486 e. The van der Waals surface area contributed by atoms with Crippen molar-refractivity contribution >= 4 is 12.1 Å². The number of aliphatic imine (C=N–C) groups is 1. The molecule has 2 heterocycles. The predicted molar refractivity (Wildman–Crippen MR) is 114 cm³/mol. The van der Waals surface area contributed by atoms with Crippen molar-refractivity contribution < 1.29 is 23.0 Å². The highest BCUT2D eigenvalue weighted by molar-refractivity contribution is 5.87. The van der Waals surface area contributed by atoms with Crippen LogP contribution in [-0.2, 0) is 17.6 Å². The molecule has 1 fully saturated rings. The normalized spacial score (nSPS) is 17.2.